The number of carbonyl (C=O) groups is 1. The van der Waals surface area contributed by atoms with Gasteiger partial charge < -0.3 is 24.2 Å². The van der Waals surface area contributed by atoms with Crippen LogP contribution in [0.4, 0.5) is 0 Å². The third kappa shape index (κ3) is 4.10. The molecule has 0 aromatic rings. The highest BCUT2D eigenvalue weighted by Crippen LogP contribution is 2.47. The van der Waals surface area contributed by atoms with Crippen LogP contribution in [0.2, 0.25) is 0 Å². The summed E-state index contributed by atoms with van der Waals surface area (Å²) >= 11 is 0. The van der Waals surface area contributed by atoms with Gasteiger partial charge in [0.15, 0.2) is 5.76 Å². The molecule has 6 heteroatoms. The van der Waals surface area contributed by atoms with Gasteiger partial charge in [-0.1, -0.05) is 0 Å². The highest BCUT2D eigenvalue weighted by molar-refractivity contribution is 5.91. The van der Waals surface area contributed by atoms with E-state index in [1.807, 2.05) is 13.0 Å². The predicted octanol–water partition coefficient (Wildman–Crippen LogP) is 1.54. The highest BCUT2D eigenvalue weighted by atomic mass is 16.7. The number of amides is 1. The minimum atomic E-state index is -0.392. The minimum absolute atomic E-state index is 0.0470. The number of hydrogen-bond donors (Lipinski definition) is 1. The Labute approximate surface area is 143 Å². The van der Waals surface area contributed by atoms with Gasteiger partial charge in [-0.15, -0.1) is 0 Å². The molecular formula is C18H29NO5. The first-order valence-corrected chi connectivity index (χ1v) is 9.22. The fraction of sp³-hybridized carbons (Fsp3) is 0.833. The first-order valence-electron chi connectivity index (χ1n) is 9.22. The lowest BCUT2D eigenvalue weighted by atomic mass is 9.82. The average molecular weight is 339 g/mol. The van der Waals surface area contributed by atoms with Crippen LogP contribution in [0, 0.1) is 17.8 Å². The summed E-state index contributed by atoms with van der Waals surface area (Å²) < 4.78 is 17.1. The van der Waals surface area contributed by atoms with Gasteiger partial charge in [0.25, 0.3) is 5.91 Å². The fourth-order valence-electron chi connectivity index (χ4n) is 3.72. The van der Waals surface area contributed by atoms with E-state index in [2.05, 4.69) is 0 Å². The standard InChI is InChI=1S/C18H29NO5/c1-2-23-18-14(4-3-9-20)15(13-5-6-13)12-16(24-18)17(21)19-7-10-22-11-8-19/h12-15,18,20H,2-11H2,1H3/t14-,15-,18-/m1/s1. The van der Waals surface area contributed by atoms with Crippen LogP contribution in [0.15, 0.2) is 11.8 Å². The van der Waals surface area contributed by atoms with Gasteiger partial charge in [0.05, 0.1) is 13.2 Å². The number of aliphatic hydroxyl groups excluding tert-OH is 1. The van der Waals surface area contributed by atoms with Crippen LogP contribution < -0.4 is 0 Å². The number of carbonyl (C=O) groups excluding carboxylic acids is 1. The Morgan fingerprint density at radius 1 is 1.38 bits per heavy atom. The summed E-state index contributed by atoms with van der Waals surface area (Å²) in [5, 5.41) is 9.19. The van der Waals surface area contributed by atoms with Crippen molar-refractivity contribution in [3.8, 4) is 0 Å². The first-order chi connectivity index (χ1) is 11.7. The van der Waals surface area contributed by atoms with Crippen LogP contribution in [-0.4, -0.2) is 61.7 Å². The molecule has 24 heavy (non-hydrogen) atoms. The molecule has 0 bridgehead atoms. The van der Waals surface area contributed by atoms with Crippen LogP contribution in [-0.2, 0) is 19.0 Å². The molecule has 136 valence electrons. The van der Waals surface area contributed by atoms with E-state index in [1.54, 1.807) is 4.90 Å². The molecule has 1 amide bonds. The van der Waals surface area contributed by atoms with E-state index in [0.717, 1.165) is 12.8 Å². The molecule has 0 spiro atoms. The molecule has 1 saturated carbocycles. The maximum atomic E-state index is 12.8. The van der Waals surface area contributed by atoms with Gasteiger partial charge in [0.2, 0.25) is 6.29 Å². The van der Waals surface area contributed by atoms with Gasteiger partial charge in [-0.2, -0.15) is 0 Å². The number of aliphatic hydroxyl groups is 1. The molecule has 0 radical (unpaired) electrons. The van der Waals surface area contributed by atoms with Crippen LogP contribution in [0.5, 0.6) is 0 Å². The Bertz CT molecular complexity index is 456. The van der Waals surface area contributed by atoms with Crippen LogP contribution in [0.25, 0.3) is 0 Å². The van der Waals surface area contributed by atoms with E-state index in [9.17, 15) is 9.90 Å². The van der Waals surface area contributed by atoms with Crippen LogP contribution in [0.3, 0.4) is 0 Å². The number of rotatable bonds is 7. The SMILES string of the molecule is CCO[C@@H]1OC(C(=O)N2CCOCC2)=C[C@H](C2CC2)[C@H]1CCCO. The Hall–Kier alpha value is -1.11. The lowest BCUT2D eigenvalue weighted by molar-refractivity contribution is -0.178. The summed E-state index contributed by atoms with van der Waals surface area (Å²) in [6.07, 6.45) is 5.65. The van der Waals surface area contributed by atoms with Crippen molar-refractivity contribution in [2.45, 2.75) is 38.9 Å². The van der Waals surface area contributed by atoms with Gasteiger partial charge in [-0.05, 0) is 50.5 Å². The number of nitrogens with zero attached hydrogens (tertiary/aromatic N) is 1. The summed E-state index contributed by atoms with van der Waals surface area (Å²) in [5.74, 6) is 1.53. The van der Waals surface area contributed by atoms with Crippen LogP contribution >= 0.6 is 0 Å². The molecule has 6 nitrogen and oxygen atoms in total. The predicted molar refractivity (Wildman–Crippen MR) is 88.0 cm³/mol. The minimum Gasteiger partial charge on any atom is -0.459 e. The lowest BCUT2D eigenvalue weighted by Gasteiger charge is -2.38. The van der Waals surface area contributed by atoms with Gasteiger partial charge in [0, 0.05) is 32.2 Å². The lowest BCUT2D eigenvalue weighted by Crippen LogP contribution is -2.45. The topological polar surface area (TPSA) is 68.2 Å². The normalized spacial score (nSPS) is 30.7. The van der Waals surface area contributed by atoms with Crippen molar-refractivity contribution < 1.29 is 24.1 Å². The second-order valence-electron chi connectivity index (χ2n) is 6.82. The summed E-state index contributed by atoms with van der Waals surface area (Å²) in [7, 11) is 0. The molecule has 1 saturated heterocycles. The van der Waals surface area contributed by atoms with E-state index >= 15 is 0 Å². The third-order valence-electron chi connectivity index (χ3n) is 5.13. The fourth-order valence-corrected chi connectivity index (χ4v) is 3.72. The number of morpholine rings is 1. The van der Waals surface area contributed by atoms with Crippen molar-refractivity contribution in [2.24, 2.45) is 17.8 Å². The molecule has 1 N–H and O–H groups in total. The van der Waals surface area contributed by atoms with Gasteiger partial charge in [-0.3, -0.25) is 4.79 Å². The van der Waals surface area contributed by atoms with Crippen molar-refractivity contribution in [3.05, 3.63) is 11.8 Å². The zero-order valence-corrected chi connectivity index (χ0v) is 14.5. The van der Waals surface area contributed by atoms with Crippen molar-refractivity contribution in [3.63, 3.8) is 0 Å². The molecule has 2 heterocycles. The zero-order valence-electron chi connectivity index (χ0n) is 14.5. The summed E-state index contributed by atoms with van der Waals surface area (Å²) in [6, 6.07) is 0. The van der Waals surface area contributed by atoms with E-state index in [4.69, 9.17) is 14.2 Å². The van der Waals surface area contributed by atoms with Crippen molar-refractivity contribution in [1.82, 2.24) is 4.90 Å². The van der Waals surface area contributed by atoms with Gasteiger partial charge >= 0.3 is 0 Å². The second kappa shape index (κ2) is 8.32. The maximum absolute atomic E-state index is 12.8. The van der Waals surface area contributed by atoms with E-state index in [0.29, 0.717) is 50.5 Å². The van der Waals surface area contributed by atoms with E-state index in [-0.39, 0.29) is 18.4 Å². The Kier molecular flexibility index (Phi) is 6.14. The van der Waals surface area contributed by atoms with Gasteiger partial charge in [-0.25, -0.2) is 0 Å². The quantitative estimate of drug-likeness (QED) is 0.762. The molecule has 2 fully saturated rings. The number of allylic oxidation sites excluding steroid dienone is 1. The highest BCUT2D eigenvalue weighted by Gasteiger charge is 2.44. The monoisotopic (exact) mass is 339 g/mol. The number of ether oxygens (including phenoxy) is 3. The first kappa shape index (κ1) is 17.7. The molecule has 3 rings (SSSR count). The third-order valence-corrected chi connectivity index (χ3v) is 5.13. The smallest absolute Gasteiger partial charge is 0.288 e. The van der Waals surface area contributed by atoms with Crippen molar-refractivity contribution >= 4 is 5.91 Å². The molecule has 3 aliphatic rings. The molecule has 0 aromatic carbocycles. The molecule has 3 atom stereocenters. The maximum Gasteiger partial charge on any atom is 0.288 e. The number of hydrogen-bond acceptors (Lipinski definition) is 5. The molecule has 2 aliphatic heterocycles. The van der Waals surface area contributed by atoms with Crippen molar-refractivity contribution in [1.29, 1.82) is 0 Å². The van der Waals surface area contributed by atoms with E-state index in [1.165, 1.54) is 12.8 Å². The summed E-state index contributed by atoms with van der Waals surface area (Å²) in [6.45, 7) is 5.06. The largest absolute Gasteiger partial charge is 0.459 e. The Morgan fingerprint density at radius 2 is 2.12 bits per heavy atom. The average Bonchev–Trinajstić information content (AvgIpc) is 3.45. The van der Waals surface area contributed by atoms with Gasteiger partial charge in [0.1, 0.15) is 0 Å². The Morgan fingerprint density at radius 3 is 2.75 bits per heavy atom. The second-order valence-corrected chi connectivity index (χ2v) is 6.82. The zero-order chi connectivity index (χ0) is 16.9. The molecule has 1 aliphatic carbocycles. The van der Waals surface area contributed by atoms with Crippen LogP contribution in [0.1, 0.15) is 32.6 Å². The molecule has 0 unspecified atom stereocenters. The van der Waals surface area contributed by atoms with E-state index < -0.39 is 6.29 Å². The summed E-state index contributed by atoms with van der Waals surface area (Å²) in [4.78, 5) is 14.6. The molecule has 0 aromatic heterocycles. The molecular weight excluding hydrogens is 310 g/mol. The Balaban J connectivity index is 1.76. The van der Waals surface area contributed by atoms with Crippen molar-refractivity contribution in [2.75, 3.05) is 39.5 Å². The summed E-state index contributed by atoms with van der Waals surface area (Å²) in [5.41, 5.74) is 0.